The standard InChI is InChI=1S/C13H18N2O3/c1-10-8-12(6-7-18-10)14-9-11-4-2-3-5-13(11)15(16)17/h2-5,10,12,14H,6-9H2,1H3. The van der Waals surface area contributed by atoms with Crippen LogP contribution in [0.15, 0.2) is 24.3 Å². The molecule has 0 saturated carbocycles. The van der Waals surface area contributed by atoms with Gasteiger partial charge in [-0.2, -0.15) is 0 Å². The number of para-hydroxylation sites is 1. The first-order chi connectivity index (χ1) is 8.66. The molecule has 0 aliphatic carbocycles. The van der Waals surface area contributed by atoms with E-state index >= 15 is 0 Å². The Hall–Kier alpha value is -1.46. The fourth-order valence-corrected chi connectivity index (χ4v) is 2.28. The van der Waals surface area contributed by atoms with Crippen molar-refractivity contribution in [3.05, 3.63) is 39.9 Å². The average Bonchev–Trinajstić information content (AvgIpc) is 2.37. The topological polar surface area (TPSA) is 64.4 Å². The zero-order valence-electron chi connectivity index (χ0n) is 10.5. The van der Waals surface area contributed by atoms with Gasteiger partial charge in [-0.25, -0.2) is 0 Å². The summed E-state index contributed by atoms with van der Waals surface area (Å²) in [4.78, 5) is 10.6. The second-order valence-electron chi connectivity index (χ2n) is 4.67. The minimum atomic E-state index is -0.330. The minimum absolute atomic E-state index is 0.185. The van der Waals surface area contributed by atoms with Gasteiger partial charge >= 0.3 is 0 Å². The predicted octanol–water partition coefficient (Wildman–Crippen LogP) is 2.25. The maximum absolute atomic E-state index is 10.9. The van der Waals surface area contributed by atoms with Gasteiger partial charge in [0.1, 0.15) is 0 Å². The molecule has 1 heterocycles. The van der Waals surface area contributed by atoms with Gasteiger partial charge in [0, 0.05) is 30.8 Å². The first-order valence-corrected chi connectivity index (χ1v) is 6.24. The molecule has 1 aliphatic rings. The second kappa shape index (κ2) is 5.93. The summed E-state index contributed by atoms with van der Waals surface area (Å²) in [6, 6.07) is 7.25. The van der Waals surface area contributed by atoms with E-state index in [0.717, 1.165) is 25.0 Å². The molecule has 5 nitrogen and oxygen atoms in total. The van der Waals surface area contributed by atoms with Crippen LogP contribution in [0.4, 0.5) is 5.69 Å². The van der Waals surface area contributed by atoms with Gasteiger partial charge < -0.3 is 10.1 Å². The van der Waals surface area contributed by atoms with Crippen LogP contribution < -0.4 is 5.32 Å². The highest BCUT2D eigenvalue weighted by molar-refractivity contribution is 5.39. The molecule has 1 aromatic rings. The quantitative estimate of drug-likeness (QED) is 0.657. The Labute approximate surface area is 106 Å². The highest BCUT2D eigenvalue weighted by Crippen LogP contribution is 2.19. The molecule has 0 bridgehead atoms. The highest BCUT2D eigenvalue weighted by Gasteiger charge is 2.20. The summed E-state index contributed by atoms with van der Waals surface area (Å²) < 4.78 is 5.47. The van der Waals surface area contributed by atoms with Gasteiger partial charge in [0.25, 0.3) is 5.69 Å². The fourth-order valence-electron chi connectivity index (χ4n) is 2.28. The minimum Gasteiger partial charge on any atom is -0.378 e. The monoisotopic (exact) mass is 250 g/mol. The van der Waals surface area contributed by atoms with Crippen molar-refractivity contribution in [1.82, 2.24) is 5.32 Å². The smallest absolute Gasteiger partial charge is 0.273 e. The number of nitro groups is 1. The van der Waals surface area contributed by atoms with Crippen LogP contribution in [0.25, 0.3) is 0 Å². The molecular weight excluding hydrogens is 232 g/mol. The molecule has 1 fully saturated rings. The van der Waals surface area contributed by atoms with Crippen molar-refractivity contribution in [3.8, 4) is 0 Å². The lowest BCUT2D eigenvalue weighted by molar-refractivity contribution is -0.385. The summed E-state index contributed by atoms with van der Waals surface area (Å²) in [5.41, 5.74) is 0.923. The van der Waals surface area contributed by atoms with Crippen molar-refractivity contribution in [3.63, 3.8) is 0 Å². The van der Waals surface area contributed by atoms with Gasteiger partial charge in [0.05, 0.1) is 11.0 Å². The fraction of sp³-hybridized carbons (Fsp3) is 0.538. The number of nitro benzene ring substituents is 1. The molecular formula is C13H18N2O3. The summed E-state index contributed by atoms with van der Waals surface area (Å²) in [6.07, 6.45) is 2.19. The van der Waals surface area contributed by atoms with Gasteiger partial charge in [-0.1, -0.05) is 18.2 Å². The summed E-state index contributed by atoms with van der Waals surface area (Å²) in [6.45, 7) is 3.35. The van der Waals surface area contributed by atoms with E-state index in [-0.39, 0.29) is 16.7 Å². The summed E-state index contributed by atoms with van der Waals surface area (Å²) in [7, 11) is 0. The summed E-state index contributed by atoms with van der Waals surface area (Å²) in [5.74, 6) is 0. The SMILES string of the molecule is CC1CC(NCc2ccccc2[N+](=O)[O-])CCO1. The maximum atomic E-state index is 10.9. The number of benzene rings is 1. The maximum Gasteiger partial charge on any atom is 0.273 e. The molecule has 0 aromatic heterocycles. The molecule has 1 N–H and O–H groups in total. The Morgan fingerprint density at radius 1 is 1.50 bits per heavy atom. The van der Waals surface area contributed by atoms with Crippen LogP contribution in [-0.4, -0.2) is 23.7 Å². The molecule has 0 spiro atoms. The van der Waals surface area contributed by atoms with Crippen molar-refractivity contribution in [2.45, 2.75) is 38.5 Å². The largest absolute Gasteiger partial charge is 0.378 e. The van der Waals surface area contributed by atoms with Crippen molar-refractivity contribution < 1.29 is 9.66 Å². The first kappa shape index (κ1) is 13.0. The number of hydrogen-bond acceptors (Lipinski definition) is 4. The van der Waals surface area contributed by atoms with Gasteiger partial charge in [-0.15, -0.1) is 0 Å². The molecule has 0 radical (unpaired) electrons. The van der Waals surface area contributed by atoms with Gasteiger partial charge in [0.2, 0.25) is 0 Å². The first-order valence-electron chi connectivity index (χ1n) is 6.24. The molecule has 5 heteroatoms. The molecule has 1 aliphatic heterocycles. The third-order valence-corrected chi connectivity index (χ3v) is 3.25. The number of rotatable bonds is 4. The zero-order valence-corrected chi connectivity index (χ0v) is 10.5. The van der Waals surface area contributed by atoms with E-state index in [1.54, 1.807) is 18.2 Å². The Morgan fingerprint density at radius 3 is 3.00 bits per heavy atom. The van der Waals surface area contributed by atoms with Crippen molar-refractivity contribution >= 4 is 5.69 Å². The van der Waals surface area contributed by atoms with Crippen LogP contribution in [0.3, 0.4) is 0 Å². The van der Waals surface area contributed by atoms with Crippen molar-refractivity contribution in [2.24, 2.45) is 0 Å². The van der Waals surface area contributed by atoms with E-state index in [0.29, 0.717) is 12.6 Å². The Balaban J connectivity index is 1.95. The molecule has 0 amide bonds. The molecule has 2 atom stereocenters. The van der Waals surface area contributed by atoms with Crippen LogP contribution in [0, 0.1) is 10.1 Å². The van der Waals surface area contributed by atoms with Gasteiger partial charge in [0.15, 0.2) is 0 Å². The van der Waals surface area contributed by atoms with E-state index in [4.69, 9.17) is 4.74 Å². The number of nitrogens with one attached hydrogen (secondary N) is 1. The van der Waals surface area contributed by atoms with Gasteiger partial charge in [-0.3, -0.25) is 10.1 Å². The third-order valence-electron chi connectivity index (χ3n) is 3.25. The number of nitrogens with zero attached hydrogens (tertiary/aromatic N) is 1. The lowest BCUT2D eigenvalue weighted by atomic mass is 10.0. The molecule has 1 aromatic carbocycles. The molecule has 18 heavy (non-hydrogen) atoms. The number of hydrogen-bond donors (Lipinski definition) is 1. The van der Waals surface area contributed by atoms with Crippen LogP contribution in [0.2, 0.25) is 0 Å². The van der Waals surface area contributed by atoms with Crippen molar-refractivity contribution in [1.29, 1.82) is 0 Å². The summed E-state index contributed by atoms with van der Waals surface area (Å²) in [5, 5.41) is 14.3. The average molecular weight is 250 g/mol. The van der Waals surface area contributed by atoms with E-state index < -0.39 is 0 Å². The van der Waals surface area contributed by atoms with E-state index in [1.165, 1.54) is 0 Å². The van der Waals surface area contributed by atoms with Crippen molar-refractivity contribution in [2.75, 3.05) is 6.61 Å². The molecule has 2 rings (SSSR count). The number of ether oxygens (including phenoxy) is 1. The predicted molar refractivity (Wildman–Crippen MR) is 68.4 cm³/mol. The molecule has 1 saturated heterocycles. The molecule has 98 valence electrons. The summed E-state index contributed by atoms with van der Waals surface area (Å²) >= 11 is 0. The normalized spacial score (nSPS) is 23.8. The lowest BCUT2D eigenvalue weighted by Crippen LogP contribution is -2.37. The van der Waals surface area contributed by atoms with Crippen LogP contribution >= 0.6 is 0 Å². The lowest BCUT2D eigenvalue weighted by Gasteiger charge is -2.28. The zero-order chi connectivity index (χ0) is 13.0. The van der Waals surface area contributed by atoms with E-state index in [9.17, 15) is 10.1 Å². The van der Waals surface area contributed by atoms with Crippen LogP contribution in [0.1, 0.15) is 25.3 Å². The Morgan fingerprint density at radius 2 is 2.28 bits per heavy atom. The highest BCUT2D eigenvalue weighted by atomic mass is 16.6. The van der Waals surface area contributed by atoms with Crippen LogP contribution in [0.5, 0.6) is 0 Å². The van der Waals surface area contributed by atoms with Crippen LogP contribution in [-0.2, 0) is 11.3 Å². The molecule has 2 unspecified atom stereocenters. The Kier molecular flexibility index (Phi) is 4.28. The Bertz CT molecular complexity index is 422. The third kappa shape index (κ3) is 3.27. The van der Waals surface area contributed by atoms with E-state index in [2.05, 4.69) is 12.2 Å². The second-order valence-corrected chi connectivity index (χ2v) is 4.67. The van der Waals surface area contributed by atoms with Gasteiger partial charge in [-0.05, 0) is 19.8 Å². The van der Waals surface area contributed by atoms with E-state index in [1.807, 2.05) is 6.07 Å².